The summed E-state index contributed by atoms with van der Waals surface area (Å²) in [5, 5.41) is 19.5. The van der Waals surface area contributed by atoms with Gasteiger partial charge in [0.15, 0.2) is 0 Å². The van der Waals surface area contributed by atoms with Gasteiger partial charge in [-0.25, -0.2) is 0 Å². The van der Waals surface area contributed by atoms with E-state index in [9.17, 15) is 10.1 Å². The molecule has 16 heavy (non-hydrogen) atoms. The minimum absolute atomic E-state index is 0.134. The fourth-order valence-corrected chi connectivity index (χ4v) is 2.04. The van der Waals surface area contributed by atoms with Crippen molar-refractivity contribution in [1.29, 1.82) is 0 Å². The molecule has 2 rings (SSSR count). The highest BCUT2D eigenvalue weighted by molar-refractivity contribution is 5.62. The van der Waals surface area contributed by atoms with Gasteiger partial charge >= 0.3 is 0 Å². The molecule has 0 spiro atoms. The molecule has 0 aromatic heterocycles. The van der Waals surface area contributed by atoms with Crippen LogP contribution in [0.1, 0.15) is 12.0 Å². The first-order chi connectivity index (χ1) is 7.72. The van der Waals surface area contributed by atoms with Crippen molar-refractivity contribution in [3.8, 4) is 0 Å². The van der Waals surface area contributed by atoms with Crippen molar-refractivity contribution >= 4 is 11.4 Å². The minimum atomic E-state index is -0.372. The number of nitro benzene ring substituents is 1. The molecule has 1 aliphatic heterocycles. The molecular formula is C11H14N2O3. The largest absolute Gasteiger partial charge is 0.396 e. The average molecular weight is 222 g/mol. The number of nitrogens with zero attached hydrogens (tertiary/aromatic N) is 2. The average Bonchev–Trinajstić information content (AvgIpc) is 2.68. The number of anilines is 1. The van der Waals surface area contributed by atoms with E-state index >= 15 is 0 Å². The van der Waals surface area contributed by atoms with E-state index in [-0.39, 0.29) is 17.2 Å². The fourth-order valence-electron chi connectivity index (χ4n) is 2.04. The van der Waals surface area contributed by atoms with Crippen molar-refractivity contribution in [1.82, 2.24) is 0 Å². The van der Waals surface area contributed by atoms with Crippen LogP contribution in [0.3, 0.4) is 0 Å². The molecule has 0 fully saturated rings. The molecule has 1 aromatic rings. The molecule has 0 amide bonds. The van der Waals surface area contributed by atoms with Gasteiger partial charge in [0, 0.05) is 37.5 Å². The first kappa shape index (κ1) is 10.9. The molecule has 0 aliphatic carbocycles. The smallest absolute Gasteiger partial charge is 0.271 e. The summed E-state index contributed by atoms with van der Waals surface area (Å²) in [5.74, 6) is 0. The number of aliphatic hydroxyl groups excluding tert-OH is 1. The third-order valence-electron chi connectivity index (χ3n) is 2.86. The Hall–Kier alpha value is -1.62. The van der Waals surface area contributed by atoms with E-state index in [0.29, 0.717) is 6.42 Å². The Labute approximate surface area is 93.5 Å². The molecule has 86 valence electrons. The van der Waals surface area contributed by atoms with Gasteiger partial charge in [-0.05, 0) is 18.4 Å². The Morgan fingerprint density at radius 1 is 1.50 bits per heavy atom. The Morgan fingerprint density at radius 2 is 2.31 bits per heavy atom. The minimum Gasteiger partial charge on any atom is -0.396 e. The summed E-state index contributed by atoms with van der Waals surface area (Å²) in [7, 11) is 0. The van der Waals surface area contributed by atoms with Crippen molar-refractivity contribution in [3.05, 3.63) is 33.9 Å². The predicted molar refractivity (Wildman–Crippen MR) is 60.7 cm³/mol. The van der Waals surface area contributed by atoms with Gasteiger partial charge in [0.25, 0.3) is 5.69 Å². The van der Waals surface area contributed by atoms with Gasteiger partial charge in [-0.3, -0.25) is 10.1 Å². The van der Waals surface area contributed by atoms with E-state index in [4.69, 9.17) is 5.11 Å². The first-order valence-corrected chi connectivity index (χ1v) is 5.35. The van der Waals surface area contributed by atoms with Crippen LogP contribution in [-0.4, -0.2) is 29.7 Å². The van der Waals surface area contributed by atoms with Gasteiger partial charge < -0.3 is 10.0 Å². The van der Waals surface area contributed by atoms with E-state index in [0.717, 1.165) is 30.8 Å². The third kappa shape index (κ3) is 1.99. The van der Waals surface area contributed by atoms with Crippen LogP contribution in [-0.2, 0) is 6.42 Å². The van der Waals surface area contributed by atoms with Crippen LogP contribution in [0.2, 0.25) is 0 Å². The predicted octanol–water partition coefficient (Wildman–Crippen LogP) is 1.34. The third-order valence-corrected chi connectivity index (χ3v) is 2.86. The summed E-state index contributed by atoms with van der Waals surface area (Å²) in [4.78, 5) is 12.4. The highest BCUT2D eigenvalue weighted by Crippen LogP contribution is 2.31. The van der Waals surface area contributed by atoms with Gasteiger partial charge in [-0.1, -0.05) is 6.07 Å². The SMILES string of the molecule is O=[N+]([O-])c1ccc2c(c1)N(CCCO)CC2. The molecule has 0 atom stereocenters. The number of hydrogen-bond acceptors (Lipinski definition) is 4. The maximum atomic E-state index is 10.7. The number of nitro groups is 1. The van der Waals surface area contributed by atoms with Crippen LogP contribution in [0.4, 0.5) is 11.4 Å². The van der Waals surface area contributed by atoms with E-state index in [1.54, 1.807) is 12.1 Å². The van der Waals surface area contributed by atoms with Crippen LogP contribution in [0, 0.1) is 10.1 Å². The fraction of sp³-hybridized carbons (Fsp3) is 0.455. The first-order valence-electron chi connectivity index (χ1n) is 5.35. The summed E-state index contributed by atoms with van der Waals surface area (Å²) >= 11 is 0. The second-order valence-electron chi connectivity index (χ2n) is 3.88. The quantitative estimate of drug-likeness (QED) is 0.616. The van der Waals surface area contributed by atoms with Crippen molar-refractivity contribution < 1.29 is 10.0 Å². The topological polar surface area (TPSA) is 66.6 Å². The molecule has 5 heteroatoms. The number of fused-ring (bicyclic) bond motifs is 1. The zero-order valence-corrected chi connectivity index (χ0v) is 8.93. The summed E-state index contributed by atoms with van der Waals surface area (Å²) in [6, 6.07) is 5.00. The van der Waals surface area contributed by atoms with E-state index in [1.807, 2.05) is 6.07 Å². The highest BCUT2D eigenvalue weighted by Gasteiger charge is 2.21. The molecule has 1 N–H and O–H groups in total. The van der Waals surface area contributed by atoms with Crippen LogP contribution < -0.4 is 4.90 Å². The van der Waals surface area contributed by atoms with Crippen LogP contribution >= 0.6 is 0 Å². The molecule has 0 radical (unpaired) electrons. The summed E-state index contributed by atoms with van der Waals surface area (Å²) in [6.45, 7) is 1.79. The Morgan fingerprint density at radius 3 is 3.00 bits per heavy atom. The second-order valence-corrected chi connectivity index (χ2v) is 3.88. The molecule has 1 aliphatic rings. The molecule has 0 bridgehead atoms. The summed E-state index contributed by atoms with van der Waals surface area (Å²) in [6.07, 6.45) is 1.63. The Balaban J connectivity index is 2.22. The van der Waals surface area contributed by atoms with Crippen molar-refractivity contribution in [2.45, 2.75) is 12.8 Å². The molecular weight excluding hydrogens is 208 g/mol. The van der Waals surface area contributed by atoms with Gasteiger partial charge in [0.1, 0.15) is 0 Å². The van der Waals surface area contributed by atoms with Gasteiger partial charge in [0.05, 0.1) is 4.92 Å². The Bertz CT molecular complexity index is 406. The maximum absolute atomic E-state index is 10.7. The van der Waals surface area contributed by atoms with E-state index in [1.165, 1.54) is 0 Å². The van der Waals surface area contributed by atoms with Crippen LogP contribution in [0.15, 0.2) is 18.2 Å². The number of aliphatic hydroxyl groups is 1. The zero-order chi connectivity index (χ0) is 11.5. The molecule has 0 saturated carbocycles. The van der Waals surface area contributed by atoms with Gasteiger partial charge in [-0.15, -0.1) is 0 Å². The van der Waals surface area contributed by atoms with Crippen LogP contribution in [0.5, 0.6) is 0 Å². The molecule has 1 heterocycles. The van der Waals surface area contributed by atoms with E-state index < -0.39 is 0 Å². The lowest BCUT2D eigenvalue weighted by Gasteiger charge is -2.18. The van der Waals surface area contributed by atoms with Gasteiger partial charge in [-0.2, -0.15) is 0 Å². The lowest BCUT2D eigenvalue weighted by molar-refractivity contribution is -0.384. The lowest BCUT2D eigenvalue weighted by Crippen LogP contribution is -2.22. The zero-order valence-electron chi connectivity index (χ0n) is 8.93. The van der Waals surface area contributed by atoms with Crippen molar-refractivity contribution in [3.63, 3.8) is 0 Å². The molecule has 1 aromatic carbocycles. The molecule has 0 saturated heterocycles. The molecule has 0 unspecified atom stereocenters. The summed E-state index contributed by atoms with van der Waals surface area (Å²) < 4.78 is 0. The number of rotatable bonds is 4. The standard InChI is InChI=1S/C11H14N2O3/c14-7-1-5-12-6-4-9-2-3-10(13(15)16)8-11(9)12/h2-3,8,14H,1,4-7H2. The maximum Gasteiger partial charge on any atom is 0.271 e. The monoisotopic (exact) mass is 222 g/mol. The van der Waals surface area contributed by atoms with Crippen molar-refractivity contribution in [2.75, 3.05) is 24.6 Å². The van der Waals surface area contributed by atoms with Gasteiger partial charge in [0.2, 0.25) is 0 Å². The number of hydrogen-bond donors (Lipinski definition) is 1. The van der Waals surface area contributed by atoms with Crippen LogP contribution in [0.25, 0.3) is 0 Å². The number of benzene rings is 1. The Kier molecular flexibility index (Phi) is 3.05. The number of non-ortho nitro benzene ring substituents is 1. The lowest BCUT2D eigenvalue weighted by atomic mass is 10.1. The second kappa shape index (κ2) is 4.49. The molecule has 5 nitrogen and oxygen atoms in total. The van der Waals surface area contributed by atoms with E-state index in [2.05, 4.69) is 4.90 Å². The van der Waals surface area contributed by atoms with Crippen molar-refractivity contribution in [2.24, 2.45) is 0 Å². The summed E-state index contributed by atoms with van der Waals surface area (Å²) in [5.41, 5.74) is 2.24. The normalized spacial score (nSPS) is 13.9. The highest BCUT2D eigenvalue weighted by atomic mass is 16.6.